The summed E-state index contributed by atoms with van der Waals surface area (Å²) >= 11 is 1.82. The highest BCUT2D eigenvalue weighted by molar-refractivity contribution is 8.14. The van der Waals surface area contributed by atoms with Crippen molar-refractivity contribution in [3.8, 4) is 0 Å². The zero-order chi connectivity index (χ0) is 11.4. The van der Waals surface area contributed by atoms with Crippen molar-refractivity contribution >= 4 is 22.6 Å². The number of thioether (sulfide) groups is 1. The van der Waals surface area contributed by atoms with Crippen LogP contribution >= 0.6 is 11.8 Å². The highest BCUT2D eigenvalue weighted by atomic mass is 32.2. The molecule has 16 heavy (non-hydrogen) atoms. The lowest BCUT2D eigenvalue weighted by atomic mass is 10.1. The number of rotatable bonds is 2. The van der Waals surface area contributed by atoms with E-state index in [1.165, 1.54) is 11.3 Å². The second-order valence-corrected chi connectivity index (χ2v) is 5.25. The smallest absolute Gasteiger partial charge is 0.161 e. The molecule has 0 saturated carbocycles. The van der Waals surface area contributed by atoms with Crippen molar-refractivity contribution in [2.24, 2.45) is 10.9 Å². The summed E-state index contributed by atoms with van der Waals surface area (Å²) in [7, 11) is 0. The molecule has 1 unspecified atom stereocenters. The van der Waals surface area contributed by atoms with Gasteiger partial charge in [0.05, 0.1) is 0 Å². The fraction of sp³-hybridized carbons (Fsp3) is 0.462. The molecule has 1 atom stereocenters. The Morgan fingerprint density at radius 1 is 1.50 bits per heavy atom. The van der Waals surface area contributed by atoms with Crippen molar-refractivity contribution in [1.82, 2.24) is 0 Å². The van der Waals surface area contributed by atoms with Crippen LogP contribution in [0.1, 0.15) is 19.4 Å². The summed E-state index contributed by atoms with van der Waals surface area (Å²) in [6, 6.07) is 8.54. The molecule has 0 amide bonds. The summed E-state index contributed by atoms with van der Waals surface area (Å²) in [4.78, 5) is 4.53. The molecule has 1 aromatic rings. The van der Waals surface area contributed by atoms with Gasteiger partial charge in [-0.2, -0.15) is 0 Å². The Balaban J connectivity index is 2.03. The van der Waals surface area contributed by atoms with Crippen LogP contribution in [0.15, 0.2) is 29.3 Å². The molecule has 1 heterocycles. The van der Waals surface area contributed by atoms with Crippen LogP contribution in [0, 0.1) is 5.92 Å². The van der Waals surface area contributed by atoms with E-state index in [0.29, 0.717) is 5.92 Å². The van der Waals surface area contributed by atoms with E-state index in [1.54, 1.807) is 0 Å². The summed E-state index contributed by atoms with van der Waals surface area (Å²) in [6.07, 6.45) is 1.08. The van der Waals surface area contributed by atoms with E-state index in [-0.39, 0.29) is 0 Å². The molecule has 1 aliphatic heterocycles. The molecule has 0 fully saturated rings. The minimum atomic E-state index is 0.706. The van der Waals surface area contributed by atoms with Crippen molar-refractivity contribution < 1.29 is 0 Å². The first-order valence-corrected chi connectivity index (χ1v) is 6.79. The van der Waals surface area contributed by atoms with Crippen molar-refractivity contribution in [2.45, 2.75) is 20.3 Å². The van der Waals surface area contributed by atoms with E-state index in [1.807, 2.05) is 11.8 Å². The highest BCUT2D eigenvalue weighted by Gasteiger charge is 2.11. The Bertz CT molecular complexity index is 387. The SMILES string of the molecule is CCc1cccc(NC2=NCC(C)CS2)c1. The van der Waals surface area contributed by atoms with Crippen LogP contribution in [0.4, 0.5) is 5.69 Å². The van der Waals surface area contributed by atoms with Gasteiger partial charge >= 0.3 is 0 Å². The van der Waals surface area contributed by atoms with Crippen LogP contribution in [0.3, 0.4) is 0 Å². The van der Waals surface area contributed by atoms with E-state index < -0.39 is 0 Å². The van der Waals surface area contributed by atoms with Gasteiger partial charge in [-0.3, -0.25) is 4.99 Å². The molecule has 0 spiro atoms. The maximum Gasteiger partial charge on any atom is 0.161 e. The third-order valence-corrected chi connectivity index (χ3v) is 3.88. The lowest BCUT2D eigenvalue weighted by Crippen LogP contribution is -2.18. The third-order valence-electron chi connectivity index (χ3n) is 2.64. The van der Waals surface area contributed by atoms with Gasteiger partial charge in [-0.1, -0.05) is 37.7 Å². The van der Waals surface area contributed by atoms with Crippen LogP contribution in [-0.2, 0) is 6.42 Å². The van der Waals surface area contributed by atoms with Crippen LogP contribution in [-0.4, -0.2) is 17.5 Å². The van der Waals surface area contributed by atoms with Gasteiger partial charge in [0.2, 0.25) is 0 Å². The van der Waals surface area contributed by atoms with E-state index in [4.69, 9.17) is 0 Å². The summed E-state index contributed by atoms with van der Waals surface area (Å²) in [5.41, 5.74) is 2.51. The first kappa shape index (κ1) is 11.5. The number of hydrogen-bond acceptors (Lipinski definition) is 3. The van der Waals surface area contributed by atoms with Gasteiger partial charge in [0.15, 0.2) is 5.17 Å². The van der Waals surface area contributed by atoms with E-state index in [9.17, 15) is 0 Å². The number of nitrogens with one attached hydrogen (secondary N) is 1. The first-order chi connectivity index (χ1) is 7.78. The Morgan fingerprint density at radius 3 is 3.06 bits per heavy atom. The standard InChI is InChI=1S/C13H18N2S/c1-3-11-5-4-6-12(7-11)15-13-14-8-10(2)9-16-13/h4-7,10H,3,8-9H2,1-2H3,(H,14,15). The number of anilines is 1. The number of aryl methyl sites for hydroxylation is 1. The van der Waals surface area contributed by atoms with Gasteiger partial charge in [0, 0.05) is 18.0 Å². The Labute approximate surface area is 102 Å². The van der Waals surface area contributed by atoms with Crippen LogP contribution < -0.4 is 5.32 Å². The fourth-order valence-corrected chi connectivity index (χ4v) is 2.53. The van der Waals surface area contributed by atoms with Crippen LogP contribution in [0.25, 0.3) is 0 Å². The number of hydrogen-bond donors (Lipinski definition) is 1. The summed E-state index contributed by atoms with van der Waals surface area (Å²) in [5, 5.41) is 4.45. The predicted molar refractivity (Wildman–Crippen MR) is 73.4 cm³/mol. The van der Waals surface area contributed by atoms with Gasteiger partial charge in [-0.05, 0) is 30.0 Å². The van der Waals surface area contributed by atoms with Gasteiger partial charge in [-0.15, -0.1) is 0 Å². The van der Waals surface area contributed by atoms with Gasteiger partial charge in [0.25, 0.3) is 0 Å². The molecule has 0 saturated heterocycles. The lowest BCUT2D eigenvalue weighted by molar-refractivity contribution is 0.674. The lowest BCUT2D eigenvalue weighted by Gasteiger charge is -2.18. The van der Waals surface area contributed by atoms with Gasteiger partial charge < -0.3 is 5.32 Å². The average Bonchev–Trinajstić information content (AvgIpc) is 2.32. The summed E-state index contributed by atoms with van der Waals surface area (Å²) in [5.74, 6) is 1.87. The molecule has 0 aromatic heterocycles. The van der Waals surface area contributed by atoms with Crippen molar-refractivity contribution in [3.63, 3.8) is 0 Å². The number of amidine groups is 1. The molecular formula is C13H18N2S. The maximum atomic E-state index is 4.53. The molecule has 0 aliphatic carbocycles. The average molecular weight is 234 g/mol. The molecular weight excluding hydrogens is 216 g/mol. The molecule has 1 aliphatic rings. The highest BCUT2D eigenvalue weighted by Crippen LogP contribution is 2.20. The fourth-order valence-electron chi connectivity index (χ4n) is 1.63. The molecule has 2 rings (SSSR count). The monoisotopic (exact) mass is 234 g/mol. The largest absolute Gasteiger partial charge is 0.335 e. The van der Waals surface area contributed by atoms with E-state index >= 15 is 0 Å². The Morgan fingerprint density at radius 2 is 2.38 bits per heavy atom. The molecule has 0 radical (unpaired) electrons. The molecule has 0 bridgehead atoms. The predicted octanol–water partition coefficient (Wildman–Crippen LogP) is 3.40. The number of aliphatic imine (C=N–C) groups is 1. The van der Waals surface area contributed by atoms with Gasteiger partial charge in [0.1, 0.15) is 0 Å². The molecule has 1 N–H and O–H groups in total. The van der Waals surface area contributed by atoms with Crippen LogP contribution in [0.2, 0.25) is 0 Å². The maximum absolute atomic E-state index is 4.53. The Kier molecular flexibility index (Phi) is 3.88. The molecule has 3 heteroatoms. The van der Waals surface area contributed by atoms with Gasteiger partial charge in [-0.25, -0.2) is 0 Å². The molecule has 2 nitrogen and oxygen atoms in total. The second kappa shape index (κ2) is 5.39. The van der Waals surface area contributed by atoms with E-state index in [2.05, 4.69) is 48.4 Å². The van der Waals surface area contributed by atoms with Crippen molar-refractivity contribution in [3.05, 3.63) is 29.8 Å². The summed E-state index contributed by atoms with van der Waals surface area (Å²) in [6.45, 7) is 5.36. The summed E-state index contributed by atoms with van der Waals surface area (Å²) < 4.78 is 0. The van der Waals surface area contributed by atoms with Crippen LogP contribution in [0.5, 0.6) is 0 Å². The Hall–Kier alpha value is -0.960. The zero-order valence-electron chi connectivity index (χ0n) is 9.86. The topological polar surface area (TPSA) is 24.4 Å². The quantitative estimate of drug-likeness (QED) is 0.848. The van der Waals surface area contributed by atoms with E-state index in [0.717, 1.165) is 23.8 Å². The third kappa shape index (κ3) is 3.01. The van der Waals surface area contributed by atoms with Crippen molar-refractivity contribution in [2.75, 3.05) is 17.6 Å². The second-order valence-electron chi connectivity index (χ2n) is 4.24. The number of nitrogens with zero attached hydrogens (tertiary/aromatic N) is 1. The normalized spacial score (nSPS) is 20.4. The van der Waals surface area contributed by atoms with Crippen molar-refractivity contribution in [1.29, 1.82) is 0 Å². The molecule has 86 valence electrons. The zero-order valence-corrected chi connectivity index (χ0v) is 10.7. The first-order valence-electron chi connectivity index (χ1n) is 5.81. The minimum absolute atomic E-state index is 0.706. The number of benzene rings is 1. The molecule has 1 aromatic carbocycles. The minimum Gasteiger partial charge on any atom is -0.335 e.